The van der Waals surface area contributed by atoms with Crippen LogP contribution in [0.5, 0.6) is 0 Å². The summed E-state index contributed by atoms with van der Waals surface area (Å²) >= 11 is 12.5. The number of carbonyl (C=O) groups is 2. The summed E-state index contributed by atoms with van der Waals surface area (Å²) in [5.41, 5.74) is 0. The van der Waals surface area contributed by atoms with Gasteiger partial charge in [-0.15, -0.1) is 37.9 Å². The molecule has 0 aliphatic carbocycles. The lowest BCUT2D eigenvalue weighted by Gasteiger charge is -2.33. The fourth-order valence-corrected chi connectivity index (χ4v) is 2.96. The summed E-state index contributed by atoms with van der Waals surface area (Å²) in [6.07, 6.45) is 9.20. The van der Waals surface area contributed by atoms with E-state index < -0.39 is 9.50 Å². The first-order valence-electron chi connectivity index (χ1n) is 9.60. The second kappa shape index (κ2) is 14.5. The Labute approximate surface area is 180 Å². The van der Waals surface area contributed by atoms with E-state index in [1.807, 2.05) is 0 Å². The van der Waals surface area contributed by atoms with Crippen LogP contribution in [-0.2, 0) is 14.3 Å². The minimum absolute atomic E-state index is 0.271. The molecular weight excluding hydrogens is 402 g/mol. The van der Waals surface area contributed by atoms with Gasteiger partial charge < -0.3 is 4.74 Å². The van der Waals surface area contributed by atoms with E-state index in [0.29, 0.717) is 6.42 Å². The normalized spacial score (nSPS) is 11.4. The topological polar surface area (TPSA) is 82.5 Å². The molecule has 0 rings (SSSR count). The summed E-state index contributed by atoms with van der Waals surface area (Å²) in [4.78, 5) is 25.1. The molecule has 2 N–H and O–H groups in total. The van der Waals surface area contributed by atoms with Gasteiger partial charge in [-0.3, -0.25) is 25.2 Å². The molecule has 9 heteroatoms. The molecule has 0 aromatic rings. The van der Waals surface area contributed by atoms with Crippen LogP contribution >= 0.6 is 37.9 Å². The zero-order chi connectivity index (χ0) is 20.9. The standard InChI is InChI=1S/C18H35N3O3S3/c1-4-5-6-7-8-9-10-11-12-15(22)20-17(19)21(18(25,26)27)13-16(23)24-14(2)3/h14,25-27H,4-13H2,1-3H3,(H2,19,20,22). The fraction of sp³-hybridized carbons (Fsp3) is 0.833. The van der Waals surface area contributed by atoms with Crippen molar-refractivity contribution < 1.29 is 14.3 Å². The number of hydrogen-bond acceptors (Lipinski definition) is 7. The van der Waals surface area contributed by atoms with Gasteiger partial charge >= 0.3 is 5.97 Å². The number of amides is 1. The Balaban J connectivity index is 4.26. The van der Waals surface area contributed by atoms with Gasteiger partial charge in [-0.1, -0.05) is 51.9 Å². The smallest absolute Gasteiger partial charge is 0.326 e. The average Bonchev–Trinajstić information content (AvgIpc) is 2.53. The molecular formula is C18H35N3O3S3. The molecule has 0 atom stereocenters. The Morgan fingerprint density at radius 3 is 2.04 bits per heavy atom. The lowest BCUT2D eigenvalue weighted by atomic mass is 10.1. The number of hydrogen-bond donors (Lipinski definition) is 5. The first kappa shape index (κ1) is 26.5. The Hall–Kier alpha value is -0.540. The van der Waals surface area contributed by atoms with Crippen LogP contribution in [0.15, 0.2) is 0 Å². The number of esters is 1. The molecule has 0 unspecified atom stereocenters. The van der Waals surface area contributed by atoms with Gasteiger partial charge in [-0.25, -0.2) is 0 Å². The summed E-state index contributed by atoms with van der Waals surface area (Å²) in [7, 11) is 0. The van der Waals surface area contributed by atoms with E-state index in [1.54, 1.807) is 13.8 Å². The maximum absolute atomic E-state index is 12.1. The van der Waals surface area contributed by atoms with Crippen molar-refractivity contribution in [3.05, 3.63) is 0 Å². The van der Waals surface area contributed by atoms with Crippen molar-refractivity contribution >= 4 is 55.7 Å². The summed E-state index contributed by atoms with van der Waals surface area (Å²) in [6, 6.07) is 0. The highest BCUT2D eigenvalue weighted by atomic mass is 32.2. The van der Waals surface area contributed by atoms with Gasteiger partial charge in [-0.2, -0.15) is 0 Å². The third-order valence-electron chi connectivity index (χ3n) is 3.80. The van der Waals surface area contributed by atoms with Crippen LogP contribution in [0.2, 0.25) is 0 Å². The van der Waals surface area contributed by atoms with Crippen LogP contribution in [0.4, 0.5) is 0 Å². The Bertz CT molecular complexity index is 469. The molecule has 0 spiro atoms. The molecule has 0 radical (unpaired) electrons. The quantitative estimate of drug-likeness (QED) is 0.0746. The predicted octanol–water partition coefficient (Wildman–Crippen LogP) is 4.22. The van der Waals surface area contributed by atoms with E-state index in [0.717, 1.165) is 24.2 Å². The van der Waals surface area contributed by atoms with Crippen LogP contribution in [0.3, 0.4) is 0 Å². The summed E-state index contributed by atoms with van der Waals surface area (Å²) in [6.45, 7) is 5.37. The molecule has 0 saturated carbocycles. The number of thiol groups is 3. The predicted molar refractivity (Wildman–Crippen MR) is 121 cm³/mol. The fourth-order valence-electron chi connectivity index (χ4n) is 2.45. The molecule has 6 nitrogen and oxygen atoms in total. The van der Waals surface area contributed by atoms with Crippen molar-refractivity contribution in [2.24, 2.45) is 0 Å². The SMILES string of the molecule is CCCCCCCCCCC(=O)NC(=N)N(CC(=O)OC(C)C)C(S)(S)S. The molecule has 0 bridgehead atoms. The zero-order valence-electron chi connectivity index (χ0n) is 16.7. The van der Waals surface area contributed by atoms with Crippen LogP contribution in [0, 0.1) is 5.41 Å². The minimum Gasteiger partial charge on any atom is -0.462 e. The maximum atomic E-state index is 12.1. The van der Waals surface area contributed by atoms with Crippen molar-refractivity contribution in [1.82, 2.24) is 10.2 Å². The van der Waals surface area contributed by atoms with E-state index >= 15 is 0 Å². The van der Waals surface area contributed by atoms with Gasteiger partial charge in [0.05, 0.1) is 6.10 Å². The number of guanidine groups is 1. The van der Waals surface area contributed by atoms with Crippen LogP contribution in [0.1, 0.15) is 78.6 Å². The van der Waals surface area contributed by atoms with E-state index in [2.05, 4.69) is 50.1 Å². The van der Waals surface area contributed by atoms with Gasteiger partial charge in [0.25, 0.3) is 0 Å². The number of nitrogens with zero attached hydrogens (tertiary/aromatic N) is 1. The molecule has 0 aromatic carbocycles. The number of nitrogens with one attached hydrogen (secondary N) is 2. The number of ether oxygens (including phenoxy) is 1. The number of carbonyl (C=O) groups excluding carboxylic acids is 2. The first-order valence-corrected chi connectivity index (χ1v) is 10.9. The lowest BCUT2D eigenvalue weighted by Crippen LogP contribution is -2.51. The van der Waals surface area contributed by atoms with Gasteiger partial charge in [0.1, 0.15) is 6.54 Å². The van der Waals surface area contributed by atoms with Gasteiger partial charge in [0.2, 0.25) is 11.9 Å². The maximum Gasteiger partial charge on any atom is 0.326 e. The number of rotatable bonds is 13. The van der Waals surface area contributed by atoms with E-state index in [-0.39, 0.29) is 24.5 Å². The van der Waals surface area contributed by atoms with Crippen LogP contribution in [-0.4, -0.2) is 38.9 Å². The van der Waals surface area contributed by atoms with Gasteiger partial charge in [0.15, 0.2) is 3.54 Å². The van der Waals surface area contributed by atoms with Crippen LogP contribution in [0.25, 0.3) is 0 Å². The zero-order valence-corrected chi connectivity index (χ0v) is 19.3. The second-order valence-electron chi connectivity index (χ2n) is 6.85. The Morgan fingerprint density at radius 2 is 1.56 bits per heavy atom. The van der Waals surface area contributed by atoms with E-state index in [9.17, 15) is 9.59 Å². The summed E-state index contributed by atoms with van der Waals surface area (Å²) in [5.74, 6) is -1.10. The number of unbranched alkanes of at least 4 members (excludes halogenated alkanes) is 7. The summed E-state index contributed by atoms with van der Waals surface area (Å²) in [5, 5.41) is 10.5. The highest BCUT2D eigenvalue weighted by molar-refractivity contribution is 8.16. The monoisotopic (exact) mass is 437 g/mol. The van der Waals surface area contributed by atoms with Crippen molar-refractivity contribution in [3.63, 3.8) is 0 Å². The van der Waals surface area contributed by atoms with E-state index in [4.69, 9.17) is 10.1 Å². The third-order valence-corrected chi connectivity index (χ3v) is 4.53. The molecule has 0 fully saturated rings. The first-order chi connectivity index (χ1) is 12.6. The van der Waals surface area contributed by atoms with Crippen molar-refractivity contribution in [1.29, 1.82) is 5.41 Å². The molecule has 0 aromatic heterocycles. The lowest BCUT2D eigenvalue weighted by molar-refractivity contribution is -0.147. The molecule has 0 aliphatic rings. The highest BCUT2D eigenvalue weighted by Gasteiger charge is 2.30. The second-order valence-corrected chi connectivity index (χ2v) is 9.85. The molecule has 1 amide bonds. The average molecular weight is 438 g/mol. The Morgan fingerprint density at radius 1 is 1.04 bits per heavy atom. The van der Waals surface area contributed by atoms with E-state index in [1.165, 1.54) is 32.1 Å². The highest BCUT2D eigenvalue weighted by Crippen LogP contribution is 2.29. The van der Waals surface area contributed by atoms with Crippen LogP contribution < -0.4 is 5.32 Å². The molecule has 158 valence electrons. The molecule has 0 aliphatic heterocycles. The van der Waals surface area contributed by atoms with Crippen molar-refractivity contribution in [2.45, 2.75) is 88.2 Å². The minimum atomic E-state index is -1.39. The Kier molecular flexibility index (Phi) is 14.2. The van der Waals surface area contributed by atoms with Gasteiger partial charge in [-0.05, 0) is 20.3 Å². The van der Waals surface area contributed by atoms with Crippen molar-refractivity contribution in [2.75, 3.05) is 6.54 Å². The van der Waals surface area contributed by atoms with Gasteiger partial charge in [0, 0.05) is 6.42 Å². The summed E-state index contributed by atoms with van der Waals surface area (Å²) < 4.78 is 3.68. The van der Waals surface area contributed by atoms with Crippen molar-refractivity contribution in [3.8, 4) is 0 Å². The molecule has 0 saturated heterocycles. The third kappa shape index (κ3) is 14.2. The largest absolute Gasteiger partial charge is 0.462 e. The molecule has 0 heterocycles. The molecule has 27 heavy (non-hydrogen) atoms.